The average Bonchev–Trinajstić information content (AvgIpc) is 3.00. The molecule has 0 atom stereocenters. The van der Waals surface area contributed by atoms with E-state index < -0.39 is 0 Å². The fourth-order valence-electron chi connectivity index (χ4n) is 3.21. The van der Waals surface area contributed by atoms with Gasteiger partial charge in [-0.3, -0.25) is 0 Å². The average molecular weight is 289 g/mol. The van der Waals surface area contributed by atoms with Gasteiger partial charge in [-0.2, -0.15) is 0 Å². The van der Waals surface area contributed by atoms with E-state index in [1.807, 2.05) is 0 Å². The molecule has 1 fully saturated rings. The van der Waals surface area contributed by atoms with Gasteiger partial charge in [0.05, 0.1) is 0 Å². The zero-order chi connectivity index (χ0) is 15.2. The van der Waals surface area contributed by atoms with E-state index in [4.69, 9.17) is 4.98 Å². The Balaban J connectivity index is 2.21. The molecule has 21 heavy (non-hydrogen) atoms. The minimum absolute atomic E-state index is 0.517. The molecule has 0 unspecified atom stereocenters. The monoisotopic (exact) mass is 289 g/mol. The first-order chi connectivity index (χ1) is 10.1. The maximum Gasteiger partial charge on any atom is 0.129 e. The highest BCUT2D eigenvalue weighted by Crippen LogP contribution is 2.28. The molecule has 1 aliphatic rings. The molecule has 0 amide bonds. The molecule has 1 saturated carbocycles. The molecule has 1 aromatic rings. The first-order valence-electron chi connectivity index (χ1n) is 8.63. The van der Waals surface area contributed by atoms with Gasteiger partial charge in [-0.25, -0.2) is 4.98 Å². The fourth-order valence-corrected chi connectivity index (χ4v) is 3.21. The van der Waals surface area contributed by atoms with Gasteiger partial charge in [0, 0.05) is 30.9 Å². The third-order valence-corrected chi connectivity index (χ3v) is 4.40. The van der Waals surface area contributed by atoms with Crippen molar-refractivity contribution in [1.82, 2.24) is 10.3 Å². The third kappa shape index (κ3) is 4.44. The Labute approximate surface area is 130 Å². The van der Waals surface area contributed by atoms with Crippen molar-refractivity contribution in [2.75, 3.05) is 11.4 Å². The predicted octanol–water partition coefficient (Wildman–Crippen LogP) is 3.91. The highest BCUT2D eigenvalue weighted by atomic mass is 15.2. The van der Waals surface area contributed by atoms with E-state index in [-0.39, 0.29) is 0 Å². The lowest BCUT2D eigenvalue weighted by Gasteiger charge is -2.29. The number of aromatic nitrogens is 1. The minimum atomic E-state index is 0.517. The number of nitrogens with one attached hydrogen (secondary N) is 1. The van der Waals surface area contributed by atoms with E-state index >= 15 is 0 Å². The van der Waals surface area contributed by atoms with E-state index in [2.05, 4.69) is 50.0 Å². The molecule has 0 saturated heterocycles. The van der Waals surface area contributed by atoms with Gasteiger partial charge >= 0.3 is 0 Å². The molecule has 0 aromatic carbocycles. The Kier molecular flexibility index (Phi) is 6.04. The largest absolute Gasteiger partial charge is 0.354 e. The quantitative estimate of drug-likeness (QED) is 0.825. The van der Waals surface area contributed by atoms with Crippen LogP contribution in [0.3, 0.4) is 0 Å². The molecular weight excluding hydrogens is 258 g/mol. The van der Waals surface area contributed by atoms with Crippen molar-refractivity contribution in [3.05, 3.63) is 23.4 Å². The number of aryl methyl sites for hydroxylation is 1. The topological polar surface area (TPSA) is 28.2 Å². The van der Waals surface area contributed by atoms with Crippen LogP contribution in [0, 0.1) is 0 Å². The molecule has 1 aliphatic carbocycles. The van der Waals surface area contributed by atoms with Gasteiger partial charge < -0.3 is 10.2 Å². The van der Waals surface area contributed by atoms with Crippen LogP contribution in [0.25, 0.3) is 0 Å². The Hall–Kier alpha value is -1.09. The van der Waals surface area contributed by atoms with Gasteiger partial charge in [-0.15, -0.1) is 0 Å². The molecule has 2 rings (SSSR count). The summed E-state index contributed by atoms with van der Waals surface area (Å²) in [5, 5.41) is 3.52. The molecule has 0 aliphatic heterocycles. The summed E-state index contributed by atoms with van der Waals surface area (Å²) in [7, 11) is 0. The van der Waals surface area contributed by atoms with Crippen LogP contribution in [0.15, 0.2) is 12.1 Å². The van der Waals surface area contributed by atoms with E-state index in [9.17, 15) is 0 Å². The van der Waals surface area contributed by atoms with E-state index in [1.165, 1.54) is 42.8 Å². The van der Waals surface area contributed by atoms with Crippen LogP contribution < -0.4 is 10.2 Å². The smallest absolute Gasteiger partial charge is 0.129 e. The molecule has 118 valence electrons. The van der Waals surface area contributed by atoms with Gasteiger partial charge in [0.15, 0.2) is 0 Å². The van der Waals surface area contributed by atoms with Crippen molar-refractivity contribution in [2.45, 2.75) is 78.4 Å². The van der Waals surface area contributed by atoms with Gasteiger partial charge in [0.25, 0.3) is 0 Å². The fraction of sp³-hybridized carbons (Fsp3) is 0.722. The van der Waals surface area contributed by atoms with Crippen LogP contribution in [0.5, 0.6) is 0 Å². The molecular formula is C18H31N3. The Bertz CT molecular complexity index is 436. The molecule has 3 nitrogen and oxygen atoms in total. The molecule has 3 heteroatoms. The van der Waals surface area contributed by atoms with Crippen LogP contribution in [-0.4, -0.2) is 23.6 Å². The van der Waals surface area contributed by atoms with Crippen molar-refractivity contribution < 1.29 is 0 Å². The Morgan fingerprint density at radius 2 is 1.95 bits per heavy atom. The maximum absolute atomic E-state index is 4.89. The zero-order valence-corrected chi connectivity index (χ0v) is 14.2. The SMILES string of the molecule is CCc1cc(CNC(C)C)cc(N(CC)C2CCCC2)n1. The van der Waals surface area contributed by atoms with Gasteiger partial charge in [-0.05, 0) is 43.9 Å². The van der Waals surface area contributed by atoms with Crippen molar-refractivity contribution in [3.63, 3.8) is 0 Å². The van der Waals surface area contributed by atoms with Crippen molar-refractivity contribution in [3.8, 4) is 0 Å². The van der Waals surface area contributed by atoms with E-state index in [0.717, 1.165) is 19.5 Å². The molecule has 0 spiro atoms. The van der Waals surface area contributed by atoms with Crippen molar-refractivity contribution in [2.24, 2.45) is 0 Å². The second-order valence-corrected chi connectivity index (χ2v) is 6.44. The Morgan fingerprint density at radius 1 is 1.24 bits per heavy atom. The van der Waals surface area contributed by atoms with Crippen molar-refractivity contribution >= 4 is 5.82 Å². The number of rotatable bonds is 7. The highest BCUT2D eigenvalue weighted by molar-refractivity contribution is 5.44. The first-order valence-corrected chi connectivity index (χ1v) is 8.63. The summed E-state index contributed by atoms with van der Waals surface area (Å²) in [5.74, 6) is 1.18. The number of hydrogen-bond acceptors (Lipinski definition) is 3. The number of hydrogen-bond donors (Lipinski definition) is 1. The summed E-state index contributed by atoms with van der Waals surface area (Å²) >= 11 is 0. The van der Waals surface area contributed by atoms with E-state index in [1.54, 1.807) is 0 Å². The number of pyridine rings is 1. The van der Waals surface area contributed by atoms with Gasteiger partial charge in [-0.1, -0.05) is 33.6 Å². The molecule has 0 radical (unpaired) electrons. The second kappa shape index (κ2) is 7.79. The third-order valence-electron chi connectivity index (χ3n) is 4.40. The summed E-state index contributed by atoms with van der Waals surface area (Å²) in [5.41, 5.74) is 2.58. The summed E-state index contributed by atoms with van der Waals surface area (Å²) in [6.45, 7) is 10.8. The van der Waals surface area contributed by atoms with Crippen LogP contribution in [-0.2, 0) is 13.0 Å². The molecule has 1 N–H and O–H groups in total. The lowest BCUT2D eigenvalue weighted by atomic mass is 10.1. The Morgan fingerprint density at radius 3 is 2.52 bits per heavy atom. The summed E-state index contributed by atoms with van der Waals surface area (Å²) in [4.78, 5) is 7.41. The van der Waals surface area contributed by atoms with Gasteiger partial charge in [0.2, 0.25) is 0 Å². The summed E-state index contributed by atoms with van der Waals surface area (Å²) in [6, 6.07) is 5.75. The summed E-state index contributed by atoms with van der Waals surface area (Å²) < 4.78 is 0. The van der Waals surface area contributed by atoms with Gasteiger partial charge in [0.1, 0.15) is 5.82 Å². The van der Waals surface area contributed by atoms with Crippen molar-refractivity contribution in [1.29, 1.82) is 0 Å². The van der Waals surface area contributed by atoms with Crippen LogP contribution >= 0.6 is 0 Å². The lowest BCUT2D eigenvalue weighted by molar-refractivity contribution is 0.585. The molecule has 0 bridgehead atoms. The standard InChI is InChI=1S/C18H31N3/c1-5-16-11-15(13-19-14(3)4)12-18(20-16)21(6-2)17-9-7-8-10-17/h11-12,14,17,19H,5-10,13H2,1-4H3. The number of anilines is 1. The molecule has 1 heterocycles. The maximum atomic E-state index is 4.89. The molecule has 1 aromatic heterocycles. The zero-order valence-electron chi connectivity index (χ0n) is 14.2. The first kappa shape index (κ1) is 16.3. The number of nitrogens with zero attached hydrogens (tertiary/aromatic N) is 2. The lowest BCUT2D eigenvalue weighted by Crippen LogP contribution is -2.34. The van der Waals surface area contributed by atoms with Crippen LogP contribution in [0.1, 0.15) is 64.6 Å². The summed E-state index contributed by atoms with van der Waals surface area (Å²) in [6.07, 6.45) is 6.40. The normalized spacial score (nSPS) is 15.9. The van der Waals surface area contributed by atoms with Crippen LogP contribution in [0.4, 0.5) is 5.82 Å². The van der Waals surface area contributed by atoms with Crippen LogP contribution in [0.2, 0.25) is 0 Å². The van der Waals surface area contributed by atoms with E-state index in [0.29, 0.717) is 12.1 Å². The second-order valence-electron chi connectivity index (χ2n) is 6.44. The predicted molar refractivity (Wildman–Crippen MR) is 90.9 cm³/mol. The highest BCUT2D eigenvalue weighted by Gasteiger charge is 2.23. The minimum Gasteiger partial charge on any atom is -0.354 e.